The molecule has 0 radical (unpaired) electrons. The van der Waals surface area contributed by atoms with Gasteiger partial charge in [0, 0.05) is 18.3 Å². The largest absolute Gasteiger partial charge is 0.508 e. The van der Waals surface area contributed by atoms with E-state index < -0.39 is 17.9 Å². The zero-order valence-electron chi connectivity index (χ0n) is 10.7. The Morgan fingerprint density at radius 3 is 2.81 bits per heavy atom. The van der Waals surface area contributed by atoms with Gasteiger partial charge in [0.25, 0.3) is 5.91 Å². The molecule has 1 aromatic heterocycles. The minimum Gasteiger partial charge on any atom is -0.508 e. The number of H-pyrrole nitrogens is 1. The highest BCUT2D eigenvalue weighted by Gasteiger charge is 2.23. The average Bonchev–Trinajstić information content (AvgIpc) is 2.93. The van der Waals surface area contributed by atoms with E-state index in [0.717, 1.165) is 0 Å². The lowest BCUT2D eigenvalue weighted by molar-refractivity contribution is -0.139. The van der Waals surface area contributed by atoms with Gasteiger partial charge in [-0.15, -0.1) is 0 Å². The lowest BCUT2D eigenvalue weighted by Gasteiger charge is -2.14. The maximum atomic E-state index is 12.1. The molecule has 110 valence electrons. The van der Waals surface area contributed by atoms with E-state index in [-0.39, 0.29) is 22.8 Å². The fraction of sp³-hybridized carbons (Fsp3) is 0.154. The van der Waals surface area contributed by atoms with E-state index in [1.165, 1.54) is 30.7 Å². The molecule has 0 saturated carbocycles. The highest BCUT2D eigenvalue weighted by Crippen LogP contribution is 2.21. The lowest BCUT2D eigenvalue weighted by atomic mass is 10.1. The zero-order chi connectivity index (χ0) is 15.4. The van der Waals surface area contributed by atoms with Crippen molar-refractivity contribution in [3.8, 4) is 5.75 Å². The van der Waals surface area contributed by atoms with Crippen molar-refractivity contribution < 1.29 is 19.8 Å². The fourth-order valence-corrected chi connectivity index (χ4v) is 1.94. The maximum Gasteiger partial charge on any atom is 0.326 e. The van der Waals surface area contributed by atoms with Crippen molar-refractivity contribution in [3.63, 3.8) is 0 Å². The molecule has 1 aromatic carbocycles. The second kappa shape index (κ2) is 6.27. The van der Waals surface area contributed by atoms with Crippen LogP contribution < -0.4 is 5.32 Å². The molecule has 1 unspecified atom stereocenters. The van der Waals surface area contributed by atoms with Gasteiger partial charge in [-0.1, -0.05) is 11.6 Å². The monoisotopic (exact) mass is 309 g/mol. The van der Waals surface area contributed by atoms with Crippen LogP contribution in [0.25, 0.3) is 0 Å². The van der Waals surface area contributed by atoms with Gasteiger partial charge >= 0.3 is 5.97 Å². The third-order valence-corrected chi connectivity index (χ3v) is 3.11. The van der Waals surface area contributed by atoms with E-state index in [1.54, 1.807) is 0 Å². The third-order valence-electron chi connectivity index (χ3n) is 2.78. The van der Waals surface area contributed by atoms with Crippen LogP contribution in [-0.4, -0.2) is 38.1 Å². The van der Waals surface area contributed by atoms with Crippen molar-refractivity contribution in [3.05, 3.63) is 47.0 Å². The number of hydrogen-bond donors (Lipinski definition) is 4. The standard InChI is InChI=1S/C13H12ClN3O4/c14-10-2-1-8(18)4-9(10)12(19)17-11(13(20)21)3-7-5-15-6-16-7/h1-2,4-6,11,18H,3H2,(H,15,16)(H,17,19)(H,20,21). The highest BCUT2D eigenvalue weighted by molar-refractivity contribution is 6.33. The van der Waals surface area contributed by atoms with Gasteiger partial charge in [0.1, 0.15) is 11.8 Å². The first-order valence-corrected chi connectivity index (χ1v) is 6.34. The number of nitrogens with zero attached hydrogens (tertiary/aromatic N) is 1. The Hall–Kier alpha value is -2.54. The topological polar surface area (TPSA) is 115 Å². The van der Waals surface area contributed by atoms with E-state index in [1.807, 2.05) is 0 Å². The summed E-state index contributed by atoms with van der Waals surface area (Å²) in [6.45, 7) is 0. The summed E-state index contributed by atoms with van der Waals surface area (Å²) in [6.07, 6.45) is 2.95. The summed E-state index contributed by atoms with van der Waals surface area (Å²) in [5, 5.41) is 21.0. The number of rotatable bonds is 5. The van der Waals surface area contributed by atoms with E-state index in [2.05, 4.69) is 15.3 Å². The van der Waals surface area contributed by atoms with E-state index in [4.69, 9.17) is 16.7 Å². The molecule has 0 fully saturated rings. The van der Waals surface area contributed by atoms with Crippen molar-refractivity contribution in [2.45, 2.75) is 12.5 Å². The molecule has 0 aliphatic carbocycles. The first-order valence-electron chi connectivity index (χ1n) is 5.97. The van der Waals surface area contributed by atoms with Crippen molar-refractivity contribution in [2.75, 3.05) is 0 Å². The molecule has 0 aliphatic rings. The number of phenols is 1. The summed E-state index contributed by atoms with van der Waals surface area (Å²) in [6, 6.07) is 2.72. The summed E-state index contributed by atoms with van der Waals surface area (Å²) in [5.74, 6) is -2.00. The predicted molar refractivity (Wildman–Crippen MR) is 74.3 cm³/mol. The van der Waals surface area contributed by atoms with Crippen LogP contribution >= 0.6 is 11.6 Å². The molecule has 7 nitrogen and oxygen atoms in total. The van der Waals surface area contributed by atoms with Gasteiger partial charge in [0.05, 0.1) is 16.9 Å². The molecule has 2 aromatic rings. The molecule has 1 amide bonds. The third kappa shape index (κ3) is 3.73. The van der Waals surface area contributed by atoms with Crippen molar-refractivity contribution >= 4 is 23.5 Å². The first kappa shape index (κ1) is 14.9. The Kier molecular flexibility index (Phi) is 4.44. The van der Waals surface area contributed by atoms with Crippen LogP contribution in [0.15, 0.2) is 30.7 Å². The number of carbonyl (C=O) groups excluding carboxylic acids is 1. The van der Waals surface area contributed by atoms with Crippen LogP contribution in [0.5, 0.6) is 5.75 Å². The second-order valence-corrected chi connectivity index (χ2v) is 4.72. The van der Waals surface area contributed by atoms with Crippen LogP contribution in [0.1, 0.15) is 16.1 Å². The van der Waals surface area contributed by atoms with Gasteiger partial charge < -0.3 is 20.5 Å². The number of benzene rings is 1. The summed E-state index contributed by atoms with van der Waals surface area (Å²) in [5.41, 5.74) is 0.581. The minimum atomic E-state index is -1.19. The molecule has 1 heterocycles. The van der Waals surface area contributed by atoms with Crippen LogP contribution in [0.3, 0.4) is 0 Å². The Morgan fingerprint density at radius 2 is 2.19 bits per heavy atom. The van der Waals surface area contributed by atoms with Crippen LogP contribution in [0, 0.1) is 0 Å². The Bertz CT molecular complexity index is 657. The molecule has 2 rings (SSSR count). The Labute approximate surface area is 124 Å². The number of aromatic nitrogens is 2. The number of imidazole rings is 1. The molecule has 0 saturated heterocycles. The van der Waals surface area contributed by atoms with Crippen molar-refractivity contribution in [1.29, 1.82) is 0 Å². The first-order chi connectivity index (χ1) is 9.97. The summed E-state index contributed by atoms with van der Waals surface area (Å²) in [4.78, 5) is 29.8. The quantitative estimate of drug-likeness (QED) is 0.662. The fourth-order valence-electron chi connectivity index (χ4n) is 1.74. The van der Waals surface area contributed by atoms with Gasteiger partial charge in [-0.2, -0.15) is 0 Å². The average molecular weight is 310 g/mol. The number of aromatic amines is 1. The van der Waals surface area contributed by atoms with Gasteiger partial charge in [-0.25, -0.2) is 9.78 Å². The van der Waals surface area contributed by atoms with E-state index >= 15 is 0 Å². The number of amides is 1. The number of phenolic OH excluding ortho intramolecular Hbond substituents is 1. The number of halogens is 1. The van der Waals surface area contributed by atoms with Gasteiger partial charge in [0.2, 0.25) is 0 Å². The van der Waals surface area contributed by atoms with Gasteiger partial charge in [-0.05, 0) is 18.2 Å². The molecule has 4 N–H and O–H groups in total. The van der Waals surface area contributed by atoms with Crippen LogP contribution in [0.4, 0.5) is 0 Å². The van der Waals surface area contributed by atoms with Gasteiger partial charge in [-0.3, -0.25) is 4.79 Å². The summed E-state index contributed by atoms with van der Waals surface area (Å²) in [7, 11) is 0. The molecule has 21 heavy (non-hydrogen) atoms. The number of hydrogen-bond acceptors (Lipinski definition) is 4. The highest BCUT2D eigenvalue weighted by atomic mass is 35.5. The number of aliphatic carboxylic acids is 1. The molecular formula is C13H12ClN3O4. The number of aromatic hydroxyl groups is 1. The molecule has 1 atom stereocenters. The molecule has 8 heteroatoms. The number of carboxylic acids is 1. The SMILES string of the molecule is O=C(NC(Cc1cnc[nH]1)C(=O)O)c1cc(O)ccc1Cl. The van der Waals surface area contributed by atoms with Crippen molar-refractivity contribution in [1.82, 2.24) is 15.3 Å². The Morgan fingerprint density at radius 1 is 1.43 bits per heavy atom. The zero-order valence-corrected chi connectivity index (χ0v) is 11.5. The minimum absolute atomic E-state index is 0.00697. The smallest absolute Gasteiger partial charge is 0.326 e. The normalized spacial score (nSPS) is 11.9. The number of carboxylic acid groups (broad SMARTS) is 1. The Balaban J connectivity index is 2.14. The lowest BCUT2D eigenvalue weighted by Crippen LogP contribution is -2.42. The second-order valence-electron chi connectivity index (χ2n) is 4.31. The van der Waals surface area contributed by atoms with E-state index in [9.17, 15) is 14.7 Å². The molecular weight excluding hydrogens is 298 g/mol. The van der Waals surface area contributed by atoms with Crippen LogP contribution in [0.2, 0.25) is 5.02 Å². The van der Waals surface area contributed by atoms with Crippen LogP contribution in [-0.2, 0) is 11.2 Å². The van der Waals surface area contributed by atoms with Crippen molar-refractivity contribution in [2.24, 2.45) is 0 Å². The number of carbonyl (C=O) groups is 2. The van der Waals surface area contributed by atoms with E-state index in [0.29, 0.717) is 5.69 Å². The number of nitrogens with one attached hydrogen (secondary N) is 2. The predicted octanol–water partition coefficient (Wildman–Crippen LogP) is 1.19. The molecule has 0 spiro atoms. The summed E-state index contributed by atoms with van der Waals surface area (Å²) >= 11 is 5.86. The van der Waals surface area contributed by atoms with Gasteiger partial charge in [0.15, 0.2) is 0 Å². The maximum absolute atomic E-state index is 12.1. The molecule has 0 aliphatic heterocycles. The molecule has 0 bridgehead atoms. The summed E-state index contributed by atoms with van der Waals surface area (Å²) < 4.78 is 0.